The highest BCUT2D eigenvalue weighted by Gasteiger charge is 2.04. The molecule has 2 aromatic carbocycles. The number of hydrogen-bond acceptors (Lipinski definition) is 2. The van der Waals surface area contributed by atoms with Crippen LogP contribution in [0, 0.1) is 6.92 Å². The van der Waals surface area contributed by atoms with E-state index in [2.05, 4.69) is 0 Å². The van der Waals surface area contributed by atoms with Gasteiger partial charge >= 0.3 is 0 Å². The van der Waals surface area contributed by atoms with Crippen molar-refractivity contribution in [1.29, 1.82) is 0 Å². The zero-order chi connectivity index (χ0) is 14.7. The Morgan fingerprint density at radius 3 is 2.50 bits per heavy atom. The largest absolute Gasteiger partial charge is 0.489 e. The molecule has 0 aromatic heterocycles. The molecule has 0 amide bonds. The number of ether oxygens (including phenoxy) is 1. The van der Waals surface area contributed by atoms with Gasteiger partial charge in [0.2, 0.25) is 0 Å². The van der Waals surface area contributed by atoms with Gasteiger partial charge in [-0.3, -0.25) is 0 Å². The number of hydrogen-bond donors (Lipinski definition) is 1. The SMILES string of the molecule is Cc1cc(C(N)=S)ccc1COc1ccc(Cl)c(Cl)c1. The summed E-state index contributed by atoms with van der Waals surface area (Å²) in [6, 6.07) is 11.0. The standard InChI is InChI=1S/C15H13Cl2NOS/c1-9-6-10(15(18)20)2-3-11(9)8-19-12-4-5-13(16)14(17)7-12/h2-7H,8H2,1H3,(H2,18,20). The molecule has 0 atom stereocenters. The normalized spacial score (nSPS) is 10.3. The van der Waals surface area contributed by atoms with Crippen LogP contribution in [0.1, 0.15) is 16.7 Å². The molecule has 0 aliphatic carbocycles. The van der Waals surface area contributed by atoms with Crippen LogP contribution in [0.2, 0.25) is 10.0 Å². The monoisotopic (exact) mass is 325 g/mol. The molecule has 2 N–H and O–H groups in total. The summed E-state index contributed by atoms with van der Waals surface area (Å²) in [5, 5.41) is 0.987. The van der Waals surface area contributed by atoms with Gasteiger partial charge in [0.05, 0.1) is 10.0 Å². The molecule has 5 heteroatoms. The molecule has 2 rings (SSSR count). The zero-order valence-electron chi connectivity index (χ0n) is 10.8. The van der Waals surface area contributed by atoms with Crippen LogP contribution in [0.15, 0.2) is 36.4 Å². The first kappa shape index (κ1) is 15.1. The van der Waals surface area contributed by atoms with Crippen molar-refractivity contribution >= 4 is 40.4 Å². The third-order valence-electron chi connectivity index (χ3n) is 2.91. The fourth-order valence-electron chi connectivity index (χ4n) is 1.74. The van der Waals surface area contributed by atoms with Crippen molar-refractivity contribution in [1.82, 2.24) is 0 Å². The first-order chi connectivity index (χ1) is 9.47. The number of thiocarbonyl (C=S) groups is 1. The van der Waals surface area contributed by atoms with E-state index in [1.165, 1.54) is 0 Å². The number of nitrogens with two attached hydrogens (primary N) is 1. The Labute approximate surface area is 133 Å². The Kier molecular flexibility index (Phi) is 4.86. The highest BCUT2D eigenvalue weighted by molar-refractivity contribution is 7.80. The van der Waals surface area contributed by atoms with E-state index in [-0.39, 0.29) is 0 Å². The van der Waals surface area contributed by atoms with Crippen LogP contribution in [-0.4, -0.2) is 4.99 Å². The maximum Gasteiger partial charge on any atom is 0.121 e. The Morgan fingerprint density at radius 2 is 1.90 bits per heavy atom. The Morgan fingerprint density at radius 1 is 1.15 bits per heavy atom. The fraction of sp³-hybridized carbons (Fsp3) is 0.133. The van der Waals surface area contributed by atoms with E-state index in [1.54, 1.807) is 18.2 Å². The van der Waals surface area contributed by atoms with Crippen molar-refractivity contribution in [2.75, 3.05) is 0 Å². The molecule has 0 aliphatic heterocycles. The lowest BCUT2D eigenvalue weighted by Gasteiger charge is -2.10. The van der Waals surface area contributed by atoms with Gasteiger partial charge in [-0.05, 0) is 36.2 Å². The summed E-state index contributed by atoms with van der Waals surface area (Å²) < 4.78 is 5.70. The van der Waals surface area contributed by atoms with Crippen LogP contribution in [-0.2, 0) is 6.61 Å². The van der Waals surface area contributed by atoms with Crippen LogP contribution in [0.5, 0.6) is 5.75 Å². The maximum atomic E-state index is 5.94. The Hall–Kier alpha value is -1.29. The lowest BCUT2D eigenvalue weighted by molar-refractivity contribution is 0.305. The summed E-state index contributed by atoms with van der Waals surface area (Å²) >= 11 is 16.8. The average molecular weight is 326 g/mol. The van der Waals surface area contributed by atoms with Gasteiger partial charge in [-0.1, -0.05) is 47.6 Å². The summed E-state index contributed by atoms with van der Waals surface area (Å²) in [6.45, 7) is 2.44. The second-order valence-electron chi connectivity index (χ2n) is 4.37. The second-order valence-corrected chi connectivity index (χ2v) is 5.62. The van der Waals surface area contributed by atoms with Crippen molar-refractivity contribution in [3.8, 4) is 5.75 Å². The van der Waals surface area contributed by atoms with E-state index in [0.717, 1.165) is 16.7 Å². The number of aryl methyl sites for hydroxylation is 1. The summed E-state index contributed by atoms with van der Waals surface area (Å²) in [4.78, 5) is 0.394. The van der Waals surface area contributed by atoms with Gasteiger partial charge in [0.15, 0.2) is 0 Å². The van der Waals surface area contributed by atoms with Crippen molar-refractivity contribution in [2.24, 2.45) is 5.73 Å². The summed E-state index contributed by atoms with van der Waals surface area (Å²) in [5.41, 5.74) is 8.60. The average Bonchev–Trinajstić information content (AvgIpc) is 2.41. The molecule has 20 heavy (non-hydrogen) atoms. The third kappa shape index (κ3) is 3.63. The van der Waals surface area contributed by atoms with Gasteiger partial charge in [0.25, 0.3) is 0 Å². The highest BCUT2D eigenvalue weighted by atomic mass is 35.5. The number of halogens is 2. The van der Waals surface area contributed by atoms with Gasteiger partial charge in [-0.15, -0.1) is 0 Å². The summed E-state index contributed by atoms with van der Waals surface area (Å²) in [6.07, 6.45) is 0. The Bertz CT molecular complexity index is 658. The zero-order valence-corrected chi connectivity index (χ0v) is 13.1. The topological polar surface area (TPSA) is 35.2 Å². The van der Waals surface area contributed by atoms with Crippen LogP contribution in [0.3, 0.4) is 0 Å². The van der Waals surface area contributed by atoms with E-state index in [9.17, 15) is 0 Å². The predicted octanol–water partition coefficient (Wildman–Crippen LogP) is 4.52. The molecule has 0 fully saturated rings. The van der Waals surface area contributed by atoms with Crippen LogP contribution in [0.4, 0.5) is 0 Å². The van der Waals surface area contributed by atoms with Gasteiger partial charge < -0.3 is 10.5 Å². The van der Waals surface area contributed by atoms with E-state index < -0.39 is 0 Å². The van der Waals surface area contributed by atoms with Crippen molar-refractivity contribution in [2.45, 2.75) is 13.5 Å². The molecule has 2 aromatic rings. The molecular weight excluding hydrogens is 313 g/mol. The minimum atomic E-state index is 0.394. The van der Waals surface area contributed by atoms with Gasteiger partial charge in [0, 0.05) is 11.6 Å². The molecule has 0 saturated heterocycles. The smallest absolute Gasteiger partial charge is 0.121 e. The van der Waals surface area contributed by atoms with E-state index >= 15 is 0 Å². The van der Waals surface area contributed by atoms with Gasteiger partial charge in [0.1, 0.15) is 17.3 Å². The fourth-order valence-corrected chi connectivity index (χ4v) is 2.15. The molecule has 0 radical (unpaired) electrons. The Balaban J connectivity index is 2.10. The highest BCUT2D eigenvalue weighted by Crippen LogP contribution is 2.27. The van der Waals surface area contributed by atoms with Crippen LogP contribution < -0.4 is 10.5 Å². The molecule has 0 bridgehead atoms. The van der Waals surface area contributed by atoms with Crippen LogP contribution >= 0.6 is 35.4 Å². The minimum absolute atomic E-state index is 0.394. The number of benzene rings is 2. The predicted molar refractivity (Wildman–Crippen MR) is 87.9 cm³/mol. The lowest BCUT2D eigenvalue weighted by atomic mass is 10.1. The summed E-state index contributed by atoms with van der Waals surface area (Å²) in [7, 11) is 0. The van der Waals surface area contributed by atoms with Crippen molar-refractivity contribution in [3.63, 3.8) is 0 Å². The molecular formula is C15H13Cl2NOS. The van der Waals surface area contributed by atoms with E-state index in [0.29, 0.717) is 27.4 Å². The van der Waals surface area contributed by atoms with Crippen LogP contribution in [0.25, 0.3) is 0 Å². The molecule has 0 aliphatic rings. The first-order valence-corrected chi connectivity index (χ1v) is 7.11. The summed E-state index contributed by atoms with van der Waals surface area (Å²) in [5.74, 6) is 0.678. The quantitative estimate of drug-likeness (QED) is 0.839. The molecule has 0 spiro atoms. The van der Waals surface area contributed by atoms with E-state index in [4.69, 9.17) is 45.9 Å². The molecule has 2 nitrogen and oxygen atoms in total. The minimum Gasteiger partial charge on any atom is -0.489 e. The van der Waals surface area contributed by atoms with Gasteiger partial charge in [-0.2, -0.15) is 0 Å². The first-order valence-electron chi connectivity index (χ1n) is 5.94. The molecule has 104 valence electrons. The second kappa shape index (κ2) is 6.44. The maximum absolute atomic E-state index is 5.94. The van der Waals surface area contributed by atoms with Gasteiger partial charge in [-0.25, -0.2) is 0 Å². The third-order valence-corrected chi connectivity index (χ3v) is 3.89. The van der Waals surface area contributed by atoms with Crippen molar-refractivity contribution < 1.29 is 4.74 Å². The molecule has 0 saturated carbocycles. The molecule has 0 unspecified atom stereocenters. The number of rotatable bonds is 4. The van der Waals surface area contributed by atoms with E-state index in [1.807, 2.05) is 25.1 Å². The lowest BCUT2D eigenvalue weighted by Crippen LogP contribution is -2.10. The van der Waals surface area contributed by atoms with Crippen molar-refractivity contribution in [3.05, 3.63) is 63.1 Å². The molecule has 0 heterocycles.